The summed E-state index contributed by atoms with van der Waals surface area (Å²) in [5.41, 5.74) is -0.338. The maximum Gasteiger partial charge on any atom is 0.352 e. The van der Waals surface area contributed by atoms with Crippen molar-refractivity contribution in [1.29, 1.82) is 0 Å². The van der Waals surface area contributed by atoms with Crippen LogP contribution in [0.1, 0.15) is 19.8 Å². The molecule has 0 saturated heterocycles. The van der Waals surface area contributed by atoms with Gasteiger partial charge in [-0.3, -0.25) is 9.36 Å². The molecule has 0 unspecified atom stereocenters. The van der Waals surface area contributed by atoms with Gasteiger partial charge in [0.2, 0.25) is 5.88 Å². The molecule has 0 aliphatic heterocycles. The fourth-order valence-corrected chi connectivity index (χ4v) is 1.63. The van der Waals surface area contributed by atoms with Gasteiger partial charge in [0.05, 0.1) is 0 Å². The minimum atomic E-state index is -0.646. The summed E-state index contributed by atoms with van der Waals surface area (Å²) < 4.78 is 6.14. The molecular formula is C12H14N4O4. The molecule has 8 heteroatoms. The van der Waals surface area contributed by atoms with E-state index < -0.39 is 17.5 Å². The lowest BCUT2D eigenvalue weighted by atomic mass is 10.3. The second-order valence-electron chi connectivity index (χ2n) is 4.10. The first-order chi connectivity index (χ1) is 9.52. The summed E-state index contributed by atoms with van der Waals surface area (Å²) >= 11 is 0. The Morgan fingerprint density at radius 1 is 1.50 bits per heavy atom. The van der Waals surface area contributed by atoms with Crippen LogP contribution < -0.4 is 10.4 Å². The molecule has 2 heterocycles. The summed E-state index contributed by atoms with van der Waals surface area (Å²) in [6.07, 6.45) is 4.47. The highest BCUT2D eigenvalue weighted by Gasteiger charge is 2.15. The number of hydrogen-bond donors (Lipinski definition) is 2. The number of aromatic hydroxyl groups is 1. The number of aromatic nitrogens is 4. The van der Waals surface area contributed by atoms with Gasteiger partial charge < -0.3 is 14.8 Å². The Kier molecular flexibility index (Phi) is 3.83. The monoisotopic (exact) mass is 278 g/mol. The zero-order valence-electron chi connectivity index (χ0n) is 11.1. The number of imidazole rings is 1. The quantitative estimate of drug-likeness (QED) is 0.626. The number of fused-ring (bicyclic) bond motifs is 1. The van der Waals surface area contributed by atoms with Gasteiger partial charge in [0.1, 0.15) is 5.52 Å². The standard InChI is InChI=1S/C12H14N4O4/c1-3-4-5-6-7(17)20-11-13-8-9(14-11)16(2)12(19)15-10(8)18/h3-4H,5-6H2,1-2H3,(H,13,14)(H,15,18,19). The molecule has 0 atom stereocenters. The highest BCUT2D eigenvalue weighted by molar-refractivity contribution is 5.78. The topological polar surface area (TPSA) is 110 Å². The molecule has 8 nitrogen and oxygen atoms in total. The molecule has 0 saturated carbocycles. The molecule has 0 fully saturated rings. The lowest BCUT2D eigenvalue weighted by Gasteiger charge is -1.97. The molecular weight excluding hydrogens is 264 g/mol. The van der Waals surface area contributed by atoms with Crippen LogP contribution in [0, 0.1) is 0 Å². The lowest BCUT2D eigenvalue weighted by molar-refractivity contribution is -0.134. The van der Waals surface area contributed by atoms with Crippen molar-refractivity contribution in [2.75, 3.05) is 0 Å². The number of nitrogens with one attached hydrogen (secondary N) is 1. The van der Waals surface area contributed by atoms with Crippen LogP contribution in [-0.4, -0.2) is 30.6 Å². The number of aromatic amines is 1. The van der Waals surface area contributed by atoms with Gasteiger partial charge in [-0.25, -0.2) is 4.79 Å². The number of ether oxygens (including phenoxy) is 1. The van der Waals surface area contributed by atoms with Gasteiger partial charge in [0, 0.05) is 13.5 Å². The molecule has 0 aromatic carbocycles. The van der Waals surface area contributed by atoms with E-state index in [0.29, 0.717) is 6.42 Å². The first-order valence-corrected chi connectivity index (χ1v) is 6.00. The molecule has 0 aliphatic rings. The highest BCUT2D eigenvalue weighted by Crippen LogP contribution is 2.20. The van der Waals surface area contributed by atoms with E-state index in [1.807, 2.05) is 19.1 Å². The smallest absolute Gasteiger partial charge is 0.352 e. The van der Waals surface area contributed by atoms with Gasteiger partial charge in [-0.15, -0.1) is 0 Å². The summed E-state index contributed by atoms with van der Waals surface area (Å²) in [7, 11) is 1.45. The molecule has 0 radical (unpaired) electrons. The fraction of sp³-hybridized carbons (Fsp3) is 0.333. The second-order valence-corrected chi connectivity index (χ2v) is 4.10. The summed E-state index contributed by atoms with van der Waals surface area (Å²) in [5.74, 6) is -0.938. The van der Waals surface area contributed by atoms with E-state index in [1.165, 1.54) is 7.05 Å². The Morgan fingerprint density at radius 2 is 2.25 bits per heavy atom. The van der Waals surface area contributed by atoms with E-state index in [9.17, 15) is 14.7 Å². The molecule has 0 bridgehead atoms. The number of esters is 1. The van der Waals surface area contributed by atoms with Crippen LogP contribution in [0.15, 0.2) is 16.9 Å². The zero-order valence-corrected chi connectivity index (χ0v) is 11.1. The van der Waals surface area contributed by atoms with Crippen molar-refractivity contribution >= 4 is 17.1 Å². The Balaban J connectivity index is 2.24. The van der Waals surface area contributed by atoms with E-state index in [1.54, 1.807) is 0 Å². The number of rotatable bonds is 4. The lowest BCUT2D eigenvalue weighted by Crippen LogP contribution is -2.19. The summed E-state index contributed by atoms with van der Waals surface area (Å²) in [4.78, 5) is 32.9. The van der Waals surface area contributed by atoms with Crippen molar-refractivity contribution in [2.24, 2.45) is 7.05 Å². The van der Waals surface area contributed by atoms with E-state index in [-0.39, 0.29) is 23.6 Å². The van der Waals surface area contributed by atoms with Crippen LogP contribution in [0.4, 0.5) is 0 Å². The van der Waals surface area contributed by atoms with Crippen LogP contribution in [0.2, 0.25) is 0 Å². The molecule has 106 valence electrons. The van der Waals surface area contributed by atoms with Crippen LogP contribution in [0.3, 0.4) is 0 Å². The number of carbonyl (C=O) groups is 1. The number of aryl methyl sites for hydroxylation is 1. The van der Waals surface area contributed by atoms with Gasteiger partial charge in [0.15, 0.2) is 5.65 Å². The molecule has 0 amide bonds. The van der Waals surface area contributed by atoms with Crippen molar-refractivity contribution in [3.8, 4) is 11.9 Å². The molecule has 2 aromatic heterocycles. The third-order valence-electron chi connectivity index (χ3n) is 2.65. The largest absolute Gasteiger partial charge is 0.492 e. The van der Waals surface area contributed by atoms with Gasteiger partial charge in [-0.1, -0.05) is 12.2 Å². The van der Waals surface area contributed by atoms with E-state index in [0.717, 1.165) is 4.57 Å². The van der Waals surface area contributed by atoms with Crippen LogP contribution in [0.25, 0.3) is 11.2 Å². The van der Waals surface area contributed by atoms with Crippen molar-refractivity contribution in [1.82, 2.24) is 19.5 Å². The Labute approximate surface area is 113 Å². The fourth-order valence-electron chi connectivity index (χ4n) is 1.63. The maximum absolute atomic E-state index is 11.5. The zero-order chi connectivity index (χ0) is 14.7. The molecule has 20 heavy (non-hydrogen) atoms. The normalized spacial score (nSPS) is 11.3. The SMILES string of the molecule is CC=CCCC(=O)Oc1nc2c([nH]1)c(O)nc(=O)n2C. The van der Waals surface area contributed by atoms with Crippen molar-refractivity contribution < 1.29 is 14.6 Å². The highest BCUT2D eigenvalue weighted by atomic mass is 16.5. The first-order valence-electron chi connectivity index (χ1n) is 6.00. The molecule has 0 aliphatic carbocycles. The number of hydrogen-bond acceptors (Lipinski definition) is 6. The van der Waals surface area contributed by atoms with Crippen molar-refractivity contribution in [2.45, 2.75) is 19.8 Å². The third kappa shape index (κ3) is 2.68. The van der Waals surface area contributed by atoms with Crippen molar-refractivity contribution in [3.63, 3.8) is 0 Å². The Hall–Kier alpha value is -2.64. The van der Waals surface area contributed by atoms with Gasteiger partial charge in [0.25, 0.3) is 0 Å². The van der Waals surface area contributed by atoms with Crippen LogP contribution >= 0.6 is 0 Å². The first kappa shape index (κ1) is 13.8. The Morgan fingerprint density at radius 3 is 2.95 bits per heavy atom. The predicted octanol–water partition coefficient (Wildman–Crippen LogP) is 0.624. The maximum atomic E-state index is 11.5. The number of carbonyl (C=O) groups excluding carboxylic acids is 1. The summed E-state index contributed by atoms with van der Waals surface area (Å²) in [5, 5.41) is 9.55. The minimum absolute atomic E-state index is 0.0798. The second kappa shape index (κ2) is 5.55. The van der Waals surface area contributed by atoms with E-state index in [4.69, 9.17) is 4.74 Å². The number of allylic oxidation sites excluding steroid dienone is 2. The third-order valence-corrected chi connectivity index (χ3v) is 2.65. The molecule has 2 N–H and O–H groups in total. The van der Waals surface area contributed by atoms with Gasteiger partial charge >= 0.3 is 17.7 Å². The predicted molar refractivity (Wildman–Crippen MR) is 70.5 cm³/mol. The number of nitrogens with zero attached hydrogens (tertiary/aromatic N) is 3. The minimum Gasteiger partial charge on any atom is -0.492 e. The molecule has 2 rings (SSSR count). The van der Waals surface area contributed by atoms with E-state index in [2.05, 4.69) is 15.0 Å². The van der Waals surface area contributed by atoms with E-state index >= 15 is 0 Å². The Bertz CT molecular complexity index is 729. The van der Waals surface area contributed by atoms with Crippen LogP contribution in [-0.2, 0) is 11.8 Å². The summed E-state index contributed by atoms with van der Waals surface area (Å²) in [6, 6.07) is -0.0798. The molecule has 2 aromatic rings. The van der Waals surface area contributed by atoms with Gasteiger partial charge in [-0.2, -0.15) is 9.97 Å². The number of H-pyrrole nitrogens is 1. The molecule has 0 spiro atoms. The van der Waals surface area contributed by atoms with Gasteiger partial charge in [-0.05, 0) is 13.3 Å². The van der Waals surface area contributed by atoms with Crippen molar-refractivity contribution in [3.05, 3.63) is 22.6 Å². The average molecular weight is 278 g/mol. The van der Waals surface area contributed by atoms with Crippen LogP contribution in [0.5, 0.6) is 11.9 Å². The average Bonchev–Trinajstić information content (AvgIpc) is 2.81. The summed E-state index contributed by atoms with van der Waals surface area (Å²) in [6.45, 7) is 1.86.